The fourth-order valence-corrected chi connectivity index (χ4v) is 1.75. The van der Waals surface area contributed by atoms with Gasteiger partial charge in [0.05, 0.1) is 5.56 Å². The van der Waals surface area contributed by atoms with Crippen LogP contribution in [0.15, 0.2) is 24.4 Å². The van der Waals surface area contributed by atoms with Crippen LogP contribution in [0.3, 0.4) is 0 Å². The molecule has 0 fully saturated rings. The lowest BCUT2D eigenvalue weighted by molar-refractivity contribution is -0.148. The maximum absolute atomic E-state index is 12.5. The molecule has 104 valence electrons. The van der Waals surface area contributed by atoms with E-state index in [0.717, 1.165) is 18.3 Å². The number of aromatic nitrogens is 1. The summed E-state index contributed by atoms with van der Waals surface area (Å²) in [4.78, 5) is 2.47. The fourth-order valence-electron chi connectivity index (χ4n) is 1.75. The van der Waals surface area contributed by atoms with Crippen LogP contribution in [0.1, 0.15) is 17.2 Å². The molecule has 0 aliphatic heterocycles. The number of aromatic amines is 1. The van der Waals surface area contributed by atoms with Crippen molar-refractivity contribution in [2.24, 2.45) is 5.73 Å². The maximum atomic E-state index is 12.5. The van der Waals surface area contributed by atoms with Gasteiger partial charge in [0.15, 0.2) is 0 Å². The van der Waals surface area contributed by atoms with Crippen molar-refractivity contribution < 1.29 is 26.3 Å². The van der Waals surface area contributed by atoms with Crippen LogP contribution in [0.4, 0.5) is 26.3 Å². The minimum absolute atomic E-state index is 0.169. The molecule has 1 aromatic heterocycles. The number of fused-ring (bicyclic) bond motifs is 1. The number of halogens is 6. The summed E-state index contributed by atoms with van der Waals surface area (Å²) in [6, 6.07) is 0.198. The van der Waals surface area contributed by atoms with Crippen molar-refractivity contribution in [1.29, 1.82) is 0 Å². The van der Waals surface area contributed by atoms with Gasteiger partial charge in [-0.15, -0.1) is 0 Å². The Kier molecular flexibility index (Phi) is 3.00. The van der Waals surface area contributed by atoms with Crippen LogP contribution in [0.2, 0.25) is 0 Å². The topological polar surface area (TPSA) is 41.8 Å². The molecule has 0 saturated carbocycles. The Morgan fingerprint density at radius 3 is 2.21 bits per heavy atom. The third kappa shape index (κ3) is 2.53. The van der Waals surface area contributed by atoms with Crippen molar-refractivity contribution in [3.05, 3.63) is 35.5 Å². The number of H-pyrrole nitrogens is 1. The van der Waals surface area contributed by atoms with Gasteiger partial charge >= 0.3 is 12.4 Å². The van der Waals surface area contributed by atoms with Crippen LogP contribution in [0.5, 0.6) is 0 Å². The van der Waals surface area contributed by atoms with E-state index < -0.39 is 29.5 Å². The van der Waals surface area contributed by atoms with Gasteiger partial charge in [0.2, 0.25) is 0 Å². The average molecular weight is 282 g/mol. The Bertz CT molecular complexity index is 595. The minimum atomic E-state index is -4.72. The van der Waals surface area contributed by atoms with Crippen LogP contribution in [-0.4, -0.2) is 11.2 Å². The first-order valence-electron chi connectivity index (χ1n) is 5.11. The van der Waals surface area contributed by atoms with Gasteiger partial charge < -0.3 is 10.7 Å². The number of hydrogen-bond donors (Lipinski definition) is 2. The van der Waals surface area contributed by atoms with Gasteiger partial charge in [-0.2, -0.15) is 26.3 Å². The Hall–Kier alpha value is -1.70. The molecular formula is C11H8F6N2. The summed E-state index contributed by atoms with van der Waals surface area (Å²) in [5.41, 5.74) is 3.76. The van der Waals surface area contributed by atoms with Gasteiger partial charge in [0.25, 0.3) is 0 Å². The van der Waals surface area contributed by atoms with Gasteiger partial charge in [-0.25, -0.2) is 0 Å². The summed E-state index contributed by atoms with van der Waals surface area (Å²) >= 11 is 0. The highest BCUT2D eigenvalue weighted by atomic mass is 19.4. The van der Waals surface area contributed by atoms with Crippen LogP contribution in [0.25, 0.3) is 10.9 Å². The molecule has 0 aliphatic rings. The predicted octanol–water partition coefficient (Wildman–Crippen LogP) is 3.75. The highest BCUT2D eigenvalue weighted by molar-refractivity contribution is 5.84. The lowest BCUT2D eigenvalue weighted by Gasteiger charge is -2.15. The van der Waals surface area contributed by atoms with Crippen LogP contribution >= 0.6 is 0 Å². The van der Waals surface area contributed by atoms with E-state index in [-0.39, 0.29) is 10.9 Å². The molecule has 0 bridgehead atoms. The first-order valence-corrected chi connectivity index (χ1v) is 5.11. The Morgan fingerprint density at radius 1 is 1.05 bits per heavy atom. The summed E-state index contributed by atoms with van der Waals surface area (Å²) < 4.78 is 75.1. The second-order valence-electron chi connectivity index (χ2n) is 4.02. The third-order valence-corrected chi connectivity index (χ3v) is 2.73. The van der Waals surface area contributed by atoms with Gasteiger partial charge in [-0.1, -0.05) is 0 Å². The molecule has 0 saturated heterocycles. The molecule has 2 nitrogen and oxygen atoms in total. The molecule has 1 atom stereocenters. The third-order valence-electron chi connectivity index (χ3n) is 2.73. The fraction of sp³-hybridized carbons (Fsp3) is 0.273. The van der Waals surface area contributed by atoms with E-state index in [1.165, 1.54) is 0 Å². The number of nitrogens with two attached hydrogens (primary N) is 1. The second kappa shape index (κ2) is 4.16. The van der Waals surface area contributed by atoms with Crippen molar-refractivity contribution in [3.8, 4) is 0 Å². The molecule has 0 unspecified atom stereocenters. The van der Waals surface area contributed by atoms with E-state index in [4.69, 9.17) is 5.73 Å². The van der Waals surface area contributed by atoms with Crippen LogP contribution in [0, 0.1) is 0 Å². The number of nitrogens with one attached hydrogen (secondary N) is 1. The number of hydrogen-bond acceptors (Lipinski definition) is 1. The number of alkyl halides is 6. The molecule has 0 radical (unpaired) electrons. The molecule has 19 heavy (non-hydrogen) atoms. The monoisotopic (exact) mass is 282 g/mol. The number of benzene rings is 1. The zero-order chi connectivity index (χ0) is 14.4. The zero-order valence-electron chi connectivity index (χ0n) is 9.23. The maximum Gasteiger partial charge on any atom is 0.416 e. The van der Waals surface area contributed by atoms with E-state index in [1.807, 2.05) is 0 Å². The first kappa shape index (κ1) is 13.7. The second-order valence-corrected chi connectivity index (χ2v) is 4.02. The molecule has 1 heterocycles. The molecule has 2 rings (SSSR count). The first-order chi connectivity index (χ1) is 8.60. The minimum Gasteiger partial charge on any atom is -0.361 e. The van der Waals surface area contributed by atoms with E-state index in [9.17, 15) is 26.3 Å². The molecule has 0 amide bonds. The lowest BCUT2D eigenvalue weighted by atomic mass is 10.0. The van der Waals surface area contributed by atoms with Crippen LogP contribution in [-0.2, 0) is 6.18 Å². The average Bonchev–Trinajstić information content (AvgIpc) is 2.67. The standard InChI is InChI=1S/C11H8F6N2/c12-10(13,14)5-1-2-8-6(3-5)7(4-19-8)9(18)11(15,16)17/h1-4,9,19H,18H2/t9-/m0/s1. The van der Waals surface area contributed by atoms with E-state index in [1.54, 1.807) is 0 Å². The van der Waals surface area contributed by atoms with Crippen molar-refractivity contribution in [1.82, 2.24) is 4.98 Å². The summed E-state index contributed by atoms with van der Waals surface area (Å²) in [5, 5.41) is -0.181. The molecule has 0 aliphatic carbocycles. The van der Waals surface area contributed by atoms with Gasteiger partial charge in [-0.05, 0) is 18.2 Å². The highest BCUT2D eigenvalue weighted by Crippen LogP contribution is 2.37. The molecule has 8 heteroatoms. The van der Waals surface area contributed by atoms with E-state index in [2.05, 4.69) is 4.98 Å². The summed E-state index contributed by atoms with van der Waals surface area (Å²) in [6.07, 6.45) is -8.36. The van der Waals surface area contributed by atoms with Crippen molar-refractivity contribution in [2.75, 3.05) is 0 Å². The lowest BCUT2D eigenvalue weighted by Crippen LogP contribution is -2.28. The predicted molar refractivity (Wildman–Crippen MR) is 56.3 cm³/mol. The molecule has 0 spiro atoms. The van der Waals surface area contributed by atoms with Gasteiger partial charge in [0, 0.05) is 22.7 Å². The number of rotatable bonds is 1. The van der Waals surface area contributed by atoms with Gasteiger partial charge in [-0.3, -0.25) is 0 Å². The largest absolute Gasteiger partial charge is 0.416 e. The molecule has 3 N–H and O–H groups in total. The van der Waals surface area contributed by atoms with E-state index >= 15 is 0 Å². The SMILES string of the molecule is N[C@@H](c1c[nH]c2ccc(C(F)(F)F)cc12)C(F)(F)F. The summed E-state index contributed by atoms with van der Waals surface area (Å²) in [7, 11) is 0. The van der Waals surface area contributed by atoms with Gasteiger partial charge in [0.1, 0.15) is 6.04 Å². The quantitative estimate of drug-likeness (QED) is 0.768. The molecule has 2 aromatic rings. The van der Waals surface area contributed by atoms with Crippen molar-refractivity contribution >= 4 is 10.9 Å². The normalized spacial score (nSPS) is 14.9. The zero-order valence-corrected chi connectivity index (χ0v) is 9.23. The van der Waals surface area contributed by atoms with Crippen LogP contribution < -0.4 is 5.73 Å². The highest BCUT2D eigenvalue weighted by Gasteiger charge is 2.39. The van der Waals surface area contributed by atoms with E-state index in [0.29, 0.717) is 6.07 Å². The Balaban J connectivity index is 2.58. The molecular weight excluding hydrogens is 274 g/mol. The summed E-state index contributed by atoms with van der Waals surface area (Å²) in [6.45, 7) is 0. The molecule has 1 aromatic carbocycles. The Morgan fingerprint density at radius 2 is 1.68 bits per heavy atom. The smallest absolute Gasteiger partial charge is 0.361 e. The van der Waals surface area contributed by atoms with Crippen molar-refractivity contribution in [2.45, 2.75) is 18.4 Å². The summed E-state index contributed by atoms with van der Waals surface area (Å²) in [5.74, 6) is 0. The Labute approximate surface area is 103 Å². The van der Waals surface area contributed by atoms with Crippen molar-refractivity contribution in [3.63, 3.8) is 0 Å².